The number of alkyl halides is 3. The van der Waals surface area contributed by atoms with E-state index in [1.54, 1.807) is 73.3 Å². The number of rotatable bonds is 9. The number of hydrogen-bond donors (Lipinski definition) is 1. The van der Waals surface area contributed by atoms with Crippen LogP contribution < -0.4 is 14.2 Å². The zero-order valence-electron chi connectivity index (χ0n) is 20.0. The second-order valence-corrected chi connectivity index (χ2v) is 8.10. The molecule has 37 heavy (non-hydrogen) atoms. The Morgan fingerprint density at radius 1 is 1.00 bits per heavy atom. The van der Waals surface area contributed by atoms with Crippen molar-refractivity contribution < 1.29 is 37.3 Å². The third-order valence-corrected chi connectivity index (χ3v) is 5.44. The first-order valence-electron chi connectivity index (χ1n) is 11.1. The molecule has 0 radical (unpaired) electrons. The lowest BCUT2D eigenvalue weighted by molar-refractivity contribution is -0.139. The Balaban J connectivity index is 1.63. The second kappa shape index (κ2) is 10.7. The van der Waals surface area contributed by atoms with Gasteiger partial charge in [-0.2, -0.15) is 13.2 Å². The molecule has 0 aliphatic heterocycles. The van der Waals surface area contributed by atoms with E-state index in [1.165, 1.54) is 6.07 Å². The minimum absolute atomic E-state index is 0.0455. The van der Waals surface area contributed by atoms with E-state index in [-0.39, 0.29) is 6.61 Å². The van der Waals surface area contributed by atoms with Crippen LogP contribution >= 0.6 is 0 Å². The third kappa shape index (κ3) is 6.21. The standard InChI is InChI=1S/C27H23F3N2O5/c1-17-12-23(10-11-24(17)37-16-25(33)34)36-15-20-14-32(21-6-8-22(35-2)9-7-21)26(31-20)18-4-3-5-19(13-18)27(28,29)30/h3-14H,15-16H2,1-2H3,(H,33,34). The monoisotopic (exact) mass is 512 g/mol. The summed E-state index contributed by atoms with van der Waals surface area (Å²) < 4.78 is 58.0. The number of aryl methyl sites for hydroxylation is 1. The van der Waals surface area contributed by atoms with Gasteiger partial charge in [0.15, 0.2) is 6.61 Å². The number of methoxy groups -OCH3 is 1. The van der Waals surface area contributed by atoms with Crippen molar-refractivity contribution in [2.75, 3.05) is 13.7 Å². The summed E-state index contributed by atoms with van der Waals surface area (Å²) >= 11 is 0. The molecule has 0 saturated heterocycles. The summed E-state index contributed by atoms with van der Waals surface area (Å²) in [7, 11) is 1.54. The van der Waals surface area contributed by atoms with Crippen LogP contribution in [0.15, 0.2) is 72.9 Å². The minimum atomic E-state index is -4.49. The number of carboxylic acids is 1. The third-order valence-electron chi connectivity index (χ3n) is 5.44. The molecule has 0 spiro atoms. The van der Waals surface area contributed by atoms with Crippen LogP contribution in [0.5, 0.6) is 17.2 Å². The average molecular weight is 512 g/mol. The average Bonchev–Trinajstić information content (AvgIpc) is 3.31. The Bertz CT molecular complexity index is 1400. The zero-order valence-corrected chi connectivity index (χ0v) is 20.0. The maximum atomic E-state index is 13.4. The highest BCUT2D eigenvalue weighted by Gasteiger charge is 2.31. The Kier molecular flexibility index (Phi) is 7.37. The molecule has 1 N–H and O–H groups in total. The molecule has 4 aromatic rings. The largest absolute Gasteiger partial charge is 0.497 e. The number of hydrogen-bond acceptors (Lipinski definition) is 5. The van der Waals surface area contributed by atoms with Gasteiger partial charge in [0.05, 0.1) is 18.4 Å². The molecule has 0 aliphatic rings. The molecule has 0 bridgehead atoms. The number of halogens is 3. The lowest BCUT2D eigenvalue weighted by Crippen LogP contribution is -2.10. The molecule has 0 amide bonds. The molecule has 0 fully saturated rings. The van der Waals surface area contributed by atoms with Crippen LogP contribution in [0.2, 0.25) is 0 Å². The maximum absolute atomic E-state index is 13.4. The molecular formula is C27H23F3N2O5. The van der Waals surface area contributed by atoms with Gasteiger partial charge in [-0.15, -0.1) is 0 Å². The van der Waals surface area contributed by atoms with Gasteiger partial charge in [-0.05, 0) is 67.1 Å². The van der Waals surface area contributed by atoms with Crippen molar-refractivity contribution in [1.82, 2.24) is 9.55 Å². The van der Waals surface area contributed by atoms with E-state index < -0.39 is 24.3 Å². The van der Waals surface area contributed by atoms with Crippen LogP contribution in [-0.2, 0) is 17.6 Å². The van der Waals surface area contributed by atoms with Gasteiger partial charge >= 0.3 is 12.1 Å². The summed E-state index contributed by atoms with van der Waals surface area (Å²) in [5, 5.41) is 8.78. The van der Waals surface area contributed by atoms with Gasteiger partial charge in [-0.25, -0.2) is 9.78 Å². The molecule has 10 heteroatoms. The van der Waals surface area contributed by atoms with Crippen molar-refractivity contribution in [3.8, 4) is 34.3 Å². The van der Waals surface area contributed by atoms with Crippen LogP contribution in [0.3, 0.4) is 0 Å². The molecule has 3 aromatic carbocycles. The summed E-state index contributed by atoms with van der Waals surface area (Å²) in [6.45, 7) is 1.35. The summed E-state index contributed by atoms with van der Waals surface area (Å²) in [6.07, 6.45) is -2.79. The quantitative estimate of drug-likeness (QED) is 0.300. The van der Waals surface area contributed by atoms with Gasteiger partial charge in [0.2, 0.25) is 0 Å². The summed E-state index contributed by atoms with van der Waals surface area (Å²) in [5.41, 5.74) is 1.39. The fourth-order valence-electron chi connectivity index (χ4n) is 3.65. The molecule has 0 aliphatic carbocycles. The maximum Gasteiger partial charge on any atom is 0.416 e. The molecule has 192 valence electrons. The molecule has 7 nitrogen and oxygen atoms in total. The van der Waals surface area contributed by atoms with E-state index in [4.69, 9.17) is 19.3 Å². The fraction of sp³-hybridized carbons (Fsp3) is 0.185. The molecule has 0 atom stereocenters. The van der Waals surface area contributed by atoms with E-state index in [9.17, 15) is 18.0 Å². The van der Waals surface area contributed by atoms with Crippen LogP contribution in [0.4, 0.5) is 13.2 Å². The Morgan fingerprint density at radius 2 is 1.73 bits per heavy atom. The number of aromatic nitrogens is 2. The fourth-order valence-corrected chi connectivity index (χ4v) is 3.65. The van der Waals surface area contributed by atoms with Crippen LogP contribution in [0.1, 0.15) is 16.8 Å². The minimum Gasteiger partial charge on any atom is -0.497 e. The van der Waals surface area contributed by atoms with Crippen molar-refractivity contribution in [3.05, 3.63) is 89.7 Å². The molecule has 4 rings (SSSR count). The number of nitrogens with zero attached hydrogens (tertiary/aromatic N) is 2. The zero-order chi connectivity index (χ0) is 26.6. The Hall–Kier alpha value is -4.47. The number of imidazole rings is 1. The Morgan fingerprint density at radius 3 is 2.38 bits per heavy atom. The predicted octanol–water partition coefficient (Wildman–Crippen LogP) is 5.92. The lowest BCUT2D eigenvalue weighted by Gasteiger charge is -2.11. The number of carboxylic acid groups (broad SMARTS) is 1. The van der Waals surface area contributed by atoms with E-state index in [2.05, 4.69) is 4.98 Å². The van der Waals surface area contributed by atoms with E-state index in [0.717, 1.165) is 12.1 Å². The lowest BCUT2D eigenvalue weighted by atomic mass is 10.1. The molecule has 0 saturated carbocycles. The number of ether oxygens (including phenoxy) is 3. The first kappa shape index (κ1) is 25.6. The van der Waals surface area contributed by atoms with Crippen molar-refractivity contribution in [2.24, 2.45) is 0 Å². The molecule has 1 heterocycles. The van der Waals surface area contributed by atoms with E-state index in [0.29, 0.717) is 45.6 Å². The van der Waals surface area contributed by atoms with E-state index >= 15 is 0 Å². The second-order valence-electron chi connectivity index (χ2n) is 8.10. The van der Waals surface area contributed by atoms with Crippen molar-refractivity contribution in [2.45, 2.75) is 19.7 Å². The smallest absolute Gasteiger partial charge is 0.416 e. The van der Waals surface area contributed by atoms with Crippen LogP contribution in [-0.4, -0.2) is 34.3 Å². The molecular weight excluding hydrogens is 489 g/mol. The first-order chi connectivity index (χ1) is 17.6. The Labute approximate surface area is 210 Å². The van der Waals surface area contributed by atoms with E-state index in [1.807, 2.05) is 0 Å². The highest BCUT2D eigenvalue weighted by Crippen LogP contribution is 2.33. The first-order valence-corrected chi connectivity index (χ1v) is 11.1. The van der Waals surface area contributed by atoms with Crippen LogP contribution in [0, 0.1) is 6.92 Å². The van der Waals surface area contributed by atoms with Gasteiger partial charge in [0.25, 0.3) is 0 Å². The number of carbonyl (C=O) groups is 1. The van der Waals surface area contributed by atoms with Gasteiger partial charge in [0.1, 0.15) is 29.7 Å². The molecule has 1 aromatic heterocycles. The topological polar surface area (TPSA) is 82.8 Å². The van der Waals surface area contributed by atoms with Crippen molar-refractivity contribution in [3.63, 3.8) is 0 Å². The predicted molar refractivity (Wildman–Crippen MR) is 129 cm³/mol. The van der Waals surface area contributed by atoms with Gasteiger partial charge in [0, 0.05) is 17.4 Å². The number of aliphatic carboxylic acids is 1. The number of benzene rings is 3. The summed E-state index contributed by atoms with van der Waals surface area (Å²) in [6, 6.07) is 17.0. The van der Waals surface area contributed by atoms with Gasteiger partial charge < -0.3 is 19.3 Å². The van der Waals surface area contributed by atoms with Crippen molar-refractivity contribution in [1.29, 1.82) is 0 Å². The van der Waals surface area contributed by atoms with Crippen molar-refractivity contribution >= 4 is 5.97 Å². The highest BCUT2D eigenvalue weighted by atomic mass is 19.4. The molecule has 0 unspecified atom stereocenters. The SMILES string of the molecule is COc1ccc(-n2cc(COc3ccc(OCC(=O)O)c(C)c3)nc2-c2cccc(C(F)(F)F)c2)cc1. The van der Waals surface area contributed by atoms with Gasteiger partial charge in [-0.1, -0.05) is 12.1 Å². The normalized spacial score (nSPS) is 11.3. The highest BCUT2D eigenvalue weighted by molar-refractivity contribution is 5.68. The van der Waals surface area contributed by atoms with Gasteiger partial charge in [-0.3, -0.25) is 4.57 Å². The summed E-state index contributed by atoms with van der Waals surface area (Å²) in [4.78, 5) is 15.3. The summed E-state index contributed by atoms with van der Waals surface area (Å²) in [5.74, 6) is 0.802. The van der Waals surface area contributed by atoms with Crippen LogP contribution in [0.25, 0.3) is 17.1 Å².